The van der Waals surface area contributed by atoms with Gasteiger partial charge in [0.25, 0.3) is 0 Å². The van der Waals surface area contributed by atoms with Crippen LogP contribution < -0.4 is 4.74 Å². The van der Waals surface area contributed by atoms with E-state index in [4.69, 9.17) is 9.47 Å². The molecule has 2 aromatic rings. The van der Waals surface area contributed by atoms with E-state index in [9.17, 15) is 14.7 Å². The molecule has 26 heavy (non-hydrogen) atoms. The quantitative estimate of drug-likeness (QED) is 0.830. The van der Waals surface area contributed by atoms with Crippen LogP contribution in [0.1, 0.15) is 12.6 Å². The molecule has 2 heterocycles. The van der Waals surface area contributed by atoms with Gasteiger partial charge in [0.1, 0.15) is 10.8 Å². The monoisotopic (exact) mass is 376 g/mol. The third kappa shape index (κ3) is 4.20. The molecule has 0 bridgehead atoms. The number of aliphatic carboxylic acids is 1. The van der Waals surface area contributed by atoms with E-state index in [0.29, 0.717) is 18.9 Å². The fourth-order valence-electron chi connectivity index (χ4n) is 2.74. The minimum atomic E-state index is -1.05. The third-order valence-corrected chi connectivity index (χ3v) is 4.97. The average Bonchev–Trinajstić information content (AvgIpc) is 3.11. The number of rotatable bonds is 6. The van der Waals surface area contributed by atoms with Crippen LogP contribution in [0.3, 0.4) is 0 Å². The van der Waals surface area contributed by atoms with Crippen molar-refractivity contribution in [2.24, 2.45) is 0 Å². The van der Waals surface area contributed by atoms with Gasteiger partial charge in [-0.25, -0.2) is 9.78 Å². The van der Waals surface area contributed by atoms with E-state index in [1.807, 2.05) is 36.6 Å². The maximum atomic E-state index is 12.5. The molecule has 7 nitrogen and oxygen atoms in total. The number of thiazole rings is 1. The summed E-state index contributed by atoms with van der Waals surface area (Å²) in [5, 5.41) is 11.9. The number of morpholine rings is 1. The van der Waals surface area contributed by atoms with Crippen LogP contribution in [-0.4, -0.2) is 59.3 Å². The molecule has 0 saturated carbocycles. The first-order valence-electron chi connectivity index (χ1n) is 8.36. The average molecular weight is 376 g/mol. The van der Waals surface area contributed by atoms with Gasteiger partial charge in [0, 0.05) is 17.5 Å². The fraction of sp³-hybridized carbons (Fsp3) is 0.389. The van der Waals surface area contributed by atoms with Gasteiger partial charge in [-0.05, 0) is 31.2 Å². The van der Waals surface area contributed by atoms with Crippen molar-refractivity contribution in [1.29, 1.82) is 0 Å². The molecule has 0 unspecified atom stereocenters. The largest absolute Gasteiger partial charge is 0.494 e. The van der Waals surface area contributed by atoms with Gasteiger partial charge in [-0.2, -0.15) is 0 Å². The van der Waals surface area contributed by atoms with Crippen molar-refractivity contribution in [2.75, 3.05) is 26.4 Å². The Morgan fingerprint density at radius 2 is 2.15 bits per heavy atom. The second kappa shape index (κ2) is 8.29. The van der Waals surface area contributed by atoms with Crippen LogP contribution in [0.25, 0.3) is 10.6 Å². The summed E-state index contributed by atoms with van der Waals surface area (Å²) in [6, 6.07) is 6.70. The lowest BCUT2D eigenvalue weighted by molar-refractivity contribution is -0.158. The molecule has 1 amide bonds. The Bertz CT molecular complexity index is 774. The first-order chi connectivity index (χ1) is 12.6. The van der Waals surface area contributed by atoms with Crippen LogP contribution in [0.15, 0.2) is 29.6 Å². The number of ether oxygens (including phenoxy) is 2. The van der Waals surface area contributed by atoms with Crippen molar-refractivity contribution < 1.29 is 24.2 Å². The second-order valence-electron chi connectivity index (χ2n) is 5.79. The molecule has 1 aliphatic rings. The van der Waals surface area contributed by atoms with Crippen LogP contribution in [-0.2, 0) is 20.7 Å². The maximum absolute atomic E-state index is 12.5. The Labute approximate surface area is 155 Å². The van der Waals surface area contributed by atoms with Gasteiger partial charge >= 0.3 is 5.97 Å². The van der Waals surface area contributed by atoms with E-state index in [1.54, 1.807) is 0 Å². The summed E-state index contributed by atoms with van der Waals surface area (Å²) in [5.41, 5.74) is 1.59. The lowest BCUT2D eigenvalue weighted by Gasteiger charge is -2.32. The van der Waals surface area contributed by atoms with Crippen LogP contribution >= 0.6 is 11.3 Å². The molecule has 3 rings (SSSR count). The zero-order chi connectivity index (χ0) is 18.5. The Morgan fingerprint density at radius 3 is 2.85 bits per heavy atom. The number of benzene rings is 1. The van der Waals surface area contributed by atoms with Crippen molar-refractivity contribution in [1.82, 2.24) is 9.88 Å². The third-order valence-electron chi connectivity index (χ3n) is 4.03. The van der Waals surface area contributed by atoms with Crippen LogP contribution in [0.2, 0.25) is 0 Å². The molecule has 138 valence electrons. The summed E-state index contributed by atoms with van der Waals surface area (Å²) in [7, 11) is 0. The van der Waals surface area contributed by atoms with Gasteiger partial charge in [0.15, 0.2) is 6.04 Å². The van der Waals surface area contributed by atoms with Gasteiger partial charge in [-0.1, -0.05) is 0 Å². The molecule has 0 spiro atoms. The van der Waals surface area contributed by atoms with Gasteiger partial charge in [0.2, 0.25) is 5.91 Å². The van der Waals surface area contributed by atoms with Gasteiger partial charge in [-0.3, -0.25) is 4.79 Å². The topological polar surface area (TPSA) is 89.0 Å². The molecule has 1 aromatic heterocycles. The van der Waals surface area contributed by atoms with Gasteiger partial charge in [-0.15, -0.1) is 11.3 Å². The molecule has 1 aromatic carbocycles. The number of carboxylic acids is 1. The number of carboxylic acid groups (broad SMARTS) is 1. The lowest BCUT2D eigenvalue weighted by atomic mass is 10.2. The molecular weight excluding hydrogens is 356 g/mol. The molecule has 1 N–H and O–H groups in total. The molecule has 0 radical (unpaired) electrons. The number of amides is 1. The molecule has 1 saturated heterocycles. The maximum Gasteiger partial charge on any atom is 0.328 e. The Hall–Kier alpha value is -2.45. The number of carbonyl (C=O) groups is 2. The van der Waals surface area contributed by atoms with Crippen molar-refractivity contribution in [3.05, 3.63) is 35.3 Å². The number of carbonyl (C=O) groups excluding carboxylic acids is 1. The predicted octanol–water partition coefficient (Wildman–Crippen LogP) is 2.06. The lowest BCUT2D eigenvalue weighted by Crippen LogP contribution is -2.53. The van der Waals surface area contributed by atoms with Gasteiger partial charge in [0.05, 0.1) is 31.9 Å². The van der Waals surface area contributed by atoms with E-state index in [2.05, 4.69) is 4.98 Å². The van der Waals surface area contributed by atoms with E-state index in [1.165, 1.54) is 16.2 Å². The number of hydrogen-bond donors (Lipinski definition) is 1. The minimum Gasteiger partial charge on any atom is -0.494 e. The Morgan fingerprint density at radius 1 is 1.38 bits per heavy atom. The Kier molecular flexibility index (Phi) is 5.85. The normalized spacial score (nSPS) is 17.1. The summed E-state index contributed by atoms with van der Waals surface area (Å²) >= 11 is 1.45. The first kappa shape index (κ1) is 18.3. The summed E-state index contributed by atoms with van der Waals surface area (Å²) in [6.07, 6.45) is 0.0807. The van der Waals surface area contributed by atoms with Crippen LogP contribution in [0, 0.1) is 0 Å². The molecule has 8 heteroatoms. The molecule has 1 fully saturated rings. The highest BCUT2D eigenvalue weighted by Crippen LogP contribution is 2.26. The van der Waals surface area contributed by atoms with E-state index in [-0.39, 0.29) is 25.5 Å². The zero-order valence-corrected chi connectivity index (χ0v) is 15.2. The smallest absolute Gasteiger partial charge is 0.328 e. The highest BCUT2D eigenvalue weighted by atomic mass is 32.1. The Balaban J connectivity index is 1.67. The van der Waals surface area contributed by atoms with Crippen molar-refractivity contribution >= 4 is 23.2 Å². The minimum absolute atomic E-state index is 0.0234. The summed E-state index contributed by atoms with van der Waals surface area (Å²) in [5.74, 6) is -0.495. The fourth-order valence-corrected chi connectivity index (χ4v) is 3.57. The first-order valence-corrected chi connectivity index (χ1v) is 9.24. The standard InChI is InChI=1S/C18H20N2O5S/c1-2-25-14-5-3-12(4-6-14)17-19-13(11-26-17)9-16(21)20-7-8-24-10-15(20)18(22)23/h3-6,11,15H,2,7-10H2,1H3,(H,22,23)/t15-/m1/s1. The molecule has 0 aliphatic carbocycles. The van der Waals surface area contributed by atoms with Crippen LogP contribution in [0.4, 0.5) is 0 Å². The van der Waals surface area contributed by atoms with Gasteiger partial charge < -0.3 is 19.5 Å². The predicted molar refractivity (Wildman–Crippen MR) is 96.4 cm³/mol. The summed E-state index contributed by atoms with van der Waals surface area (Å²) in [4.78, 5) is 29.7. The molecule has 1 atom stereocenters. The summed E-state index contributed by atoms with van der Waals surface area (Å²) < 4.78 is 10.6. The van der Waals surface area contributed by atoms with Crippen molar-refractivity contribution in [3.63, 3.8) is 0 Å². The van der Waals surface area contributed by atoms with Crippen LogP contribution in [0.5, 0.6) is 5.75 Å². The van der Waals surface area contributed by atoms with E-state index in [0.717, 1.165) is 16.3 Å². The second-order valence-corrected chi connectivity index (χ2v) is 6.65. The molecular formula is C18H20N2O5S. The number of hydrogen-bond acceptors (Lipinski definition) is 6. The number of nitrogens with zero attached hydrogens (tertiary/aromatic N) is 2. The van der Waals surface area contributed by atoms with Crippen molar-refractivity contribution in [2.45, 2.75) is 19.4 Å². The highest BCUT2D eigenvalue weighted by Gasteiger charge is 2.32. The highest BCUT2D eigenvalue weighted by molar-refractivity contribution is 7.13. The zero-order valence-electron chi connectivity index (χ0n) is 14.4. The van der Waals surface area contributed by atoms with E-state index < -0.39 is 12.0 Å². The van der Waals surface area contributed by atoms with E-state index >= 15 is 0 Å². The van der Waals surface area contributed by atoms with Crippen molar-refractivity contribution in [3.8, 4) is 16.3 Å². The number of aromatic nitrogens is 1. The SMILES string of the molecule is CCOc1ccc(-c2nc(CC(=O)N3CCOC[C@@H]3C(=O)O)cs2)cc1. The molecule has 1 aliphatic heterocycles. The summed E-state index contributed by atoms with van der Waals surface area (Å²) in [6.45, 7) is 3.20.